The van der Waals surface area contributed by atoms with Gasteiger partial charge in [-0.25, -0.2) is 5.53 Å². The fourth-order valence-corrected chi connectivity index (χ4v) is 3.48. The monoisotopic (exact) mass is 251 g/mol. The lowest BCUT2D eigenvalue weighted by atomic mass is 9.94. The Balaban J connectivity index is 1.54. The minimum atomic E-state index is 0.0659. The van der Waals surface area contributed by atoms with Crippen LogP contribution in [0.3, 0.4) is 0 Å². The zero-order chi connectivity index (χ0) is 12.2. The standard InChI is InChI=1S/C13H25N5/c1-3-7-11(8-4-1)14-13-15-16-17-18(13)12-9-5-2-6-10-12/h11-14H,1-10H2,(H,15,17). The number of nitrogens with zero attached hydrogens (tertiary/aromatic N) is 3. The first-order chi connectivity index (χ1) is 8.93. The molecule has 2 N–H and O–H groups in total. The molecule has 0 saturated heterocycles. The third-order valence-electron chi connectivity index (χ3n) is 4.55. The largest absolute Gasteiger partial charge is 0.277 e. The van der Waals surface area contributed by atoms with Gasteiger partial charge in [-0.15, -0.1) is 5.11 Å². The van der Waals surface area contributed by atoms with E-state index in [0.717, 1.165) is 0 Å². The smallest absolute Gasteiger partial charge is 0.196 e. The molecule has 1 unspecified atom stereocenters. The van der Waals surface area contributed by atoms with E-state index in [1.807, 2.05) is 0 Å². The summed E-state index contributed by atoms with van der Waals surface area (Å²) in [4.78, 5) is 0. The maximum absolute atomic E-state index is 4.32. The van der Waals surface area contributed by atoms with Gasteiger partial charge in [0.25, 0.3) is 0 Å². The molecule has 0 aromatic carbocycles. The van der Waals surface area contributed by atoms with Crippen molar-refractivity contribution in [3.63, 3.8) is 0 Å². The molecule has 0 spiro atoms. The normalized spacial score (nSPS) is 31.7. The van der Waals surface area contributed by atoms with Crippen molar-refractivity contribution in [1.82, 2.24) is 15.9 Å². The summed E-state index contributed by atoms with van der Waals surface area (Å²) >= 11 is 0. The fraction of sp³-hybridized carbons (Fsp3) is 1.00. The highest BCUT2D eigenvalue weighted by Crippen LogP contribution is 2.25. The maximum atomic E-state index is 4.32. The SMILES string of the molecule is C1CCC(NC2N=NNN2C2CCCCC2)CC1. The van der Waals surface area contributed by atoms with Crippen molar-refractivity contribution in [1.29, 1.82) is 0 Å². The third kappa shape index (κ3) is 2.83. The van der Waals surface area contributed by atoms with Crippen molar-refractivity contribution in [3.05, 3.63) is 0 Å². The second kappa shape index (κ2) is 5.97. The van der Waals surface area contributed by atoms with Crippen molar-refractivity contribution in [3.8, 4) is 0 Å². The van der Waals surface area contributed by atoms with E-state index in [1.165, 1.54) is 64.2 Å². The molecular weight excluding hydrogens is 226 g/mol. The van der Waals surface area contributed by atoms with Crippen LogP contribution in [0.15, 0.2) is 10.3 Å². The van der Waals surface area contributed by atoms with E-state index in [0.29, 0.717) is 12.1 Å². The predicted octanol–water partition coefficient (Wildman–Crippen LogP) is 2.71. The number of nitrogens with one attached hydrogen (secondary N) is 2. The Morgan fingerprint density at radius 2 is 1.56 bits per heavy atom. The molecule has 3 rings (SSSR count). The predicted molar refractivity (Wildman–Crippen MR) is 70.5 cm³/mol. The summed E-state index contributed by atoms with van der Waals surface area (Å²) in [6.07, 6.45) is 13.4. The van der Waals surface area contributed by atoms with Gasteiger partial charge < -0.3 is 0 Å². The molecule has 0 amide bonds. The van der Waals surface area contributed by atoms with Crippen LogP contribution in [0.5, 0.6) is 0 Å². The van der Waals surface area contributed by atoms with Gasteiger partial charge >= 0.3 is 0 Å². The number of hydrazine groups is 1. The Hall–Kier alpha value is -0.680. The van der Waals surface area contributed by atoms with Crippen LogP contribution < -0.4 is 10.9 Å². The molecule has 1 aliphatic heterocycles. The molecule has 1 heterocycles. The van der Waals surface area contributed by atoms with E-state index in [4.69, 9.17) is 0 Å². The summed E-state index contributed by atoms with van der Waals surface area (Å²) in [6.45, 7) is 0. The van der Waals surface area contributed by atoms with E-state index in [9.17, 15) is 0 Å². The molecule has 1 atom stereocenters. The average molecular weight is 251 g/mol. The summed E-state index contributed by atoms with van der Waals surface area (Å²) < 4.78 is 0. The van der Waals surface area contributed by atoms with Crippen LogP contribution in [-0.2, 0) is 0 Å². The lowest BCUT2D eigenvalue weighted by molar-refractivity contribution is 0.0563. The highest BCUT2D eigenvalue weighted by atomic mass is 15.8. The van der Waals surface area contributed by atoms with Gasteiger partial charge in [0, 0.05) is 12.1 Å². The Morgan fingerprint density at radius 1 is 0.889 bits per heavy atom. The lowest BCUT2D eigenvalue weighted by Crippen LogP contribution is -2.54. The van der Waals surface area contributed by atoms with Gasteiger partial charge in [-0.3, -0.25) is 5.32 Å². The topological polar surface area (TPSA) is 52.0 Å². The first kappa shape index (κ1) is 12.4. The van der Waals surface area contributed by atoms with Crippen molar-refractivity contribution >= 4 is 0 Å². The summed E-state index contributed by atoms with van der Waals surface area (Å²) in [5, 5.41) is 14.3. The lowest BCUT2D eigenvalue weighted by Gasteiger charge is -2.35. The van der Waals surface area contributed by atoms with Crippen molar-refractivity contribution in [2.45, 2.75) is 82.6 Å². The highest BCUT2D eigenvalue weighted by molar-refractivity contribution is 4.81. The molecule has 0 radical (unpaired) electrons. The van der Waals surface area contributed by atoms with Crippen molar-refractivity contribution in [2.75, 3.05) is 0 Å². The van der Waals surface area contributed by atoms with Crippen LogP contribution in [0.1, 0.15) is 64.2 Å². The van der Waals surface area contributed by atoms with Crippen molar-refractivity contribution < 1.29 is 0 Å². The second-order valence-corrected chi connectivity index (χ2v) is 5.89. The molecule has 18 heavy (non-hydrogen) atoms. The molecule has 2 aliphatic carbocycles. The third-order valence-corrected chi connectivity index (χ3v) is 4.55. The molecule has 5 heteroatoms. The van der Waals surface area contributed by atoms with Gasteiger partial charge in [-0.05, 0) is 25.7 Å². The van der Waals surface area contributed by atoms with Crippen LogP contribution in [0.4, 0.5) is 0 Å². The first-order valence-electron chi connectivity index (χ1n) is 7.63. The van der Waals surface area contributed by atoms with Gasteiger partial charge in [0.05, 0.1) is 0 Å². The number of hydrogen-bond donors (Lipinski definition) is 2. The maximum Gasteiger partial charge on any atom is 0.196 e. The van der Waals surface area contributed by atoms with Gasteiger partial charge in [0.15, 0.2) is 6.29 Å². The van der Waals surface area contributed by atoms with Crippen LogP contribution >= 0.6 is 0 Å². The molecule has 2 saturated carbocycles. The number of rotatable bonds is 3. The molecular formula is C13H25N5. The Labute approximate surface area is 109 Å². The van der Waals surface area contributed by atoms with Gasteiger partial charge in [0.2, 0.25) is 0 Å². The molecule has 0 aromatic rings. The summed E-state index contributed by atoms with van der Waals surface area (Å²) in [5.74, 6) is 0. The zero-order valence-electron chi connectivity index (χ0n) is 11.1. The van der Waals surface area contributed by atoms with E-state index >= 15 is 0 Å². The van der Waals surface area contributed by atoms with Crippen LogP contribution in [0.2, 0.25) is 0 Å². The van der Waals surface area contributed by atoms with Gasteiger partial charge in [0.1, 0.15) is 0 Å². The van der Waals surface area contributed by atoms with Crippen LogP contribution in [0, 0.1) is 0 Å². The Morgan fingerprint density at radius 3 is 2.28 bits per heavy atom. The van der Waals surface area contributed by atoms with E-state index < -0.39 is 0 Å². The van der Waals surface area contributed by atoms with Crippen LogP contribution in [-0.4, -0.2) is 23.4 Å². The number of hydrogen-bond acceptors (Lipinski definition) is 5. The molecule has 0 bridgehead atoms. The van der Waals surface area contributed by atoms with Gasteiger partial charge in [-0.2, -0.15) is 5.01 Å². The van der Waals surface area contributed by atoms with Crippen molar-refractivity contribution in [2.24, 2.45) is 10.3 Å². The quantitative estimate of drug-likeness (QED) is 0.811. The minimum absolute atomic E-state index is 0.0659. The zero-order valence-corrected chi connectivity index (χ0v) is 11.1. The fourth-order valence-electron chi connectivity index (χ4n) is 3.48. The average Bonchev–Trinajstić information content (AvgIpc) is 2.89. The van der Waals surface area contributed by atoms with E-state index in [1.54, 1.807) is 0 Å². The molecule has 0 aromatic heterocycles. The van der Waals surface area contributed by atoms with E-state index in [-0.39, 0.29) is 6.29 Å². The molecule has 102 valence electrons. The molecule has 2 fully saturated rings. The molecule has 5 nitrogen and oxygen atoms in total. The minimum Gasteiger partial charge on any atom is -0.277 e. The summed E-state index contributed by atoms with van der Waals surface area (Å²) in [5.41, 5.74) is 3.10. The summed E-state index contributed by atoms with van der Waals surface area (Å²) in [7, 11) is 0. The first-order valence-corrected chi connectivity index (χ1v) is 7.63. The summed E-state index contributed by atoms with van der Waals surface area (Å²) in [6, 6.07) is 1.24. The van der Waals surface area contributed by atoms with Crippen LogP contribution in [0.25, 0.3) is 0 Å². The van der Waals surface area contributed by atoms with E-state index in [2.05, 4.69) is 26.2 Å². The Kier molecular flexibility index (Phi) is 4.10. The molecule has 3 aliphatic rings. The highest BCUT2D eigenvalue weighted by Gasteiger charge is 2.32. The van der Waals surface area contributed by atoms with Gasteiger partial charge in [-0.1, -0.05) is 43.7 Å². The Bertz CT molecular complexity index is 281. The second-order valence-electron chi connectivity index (χ2n) is 5.89.